The molecule has 0 aromatic heterocycles. The Labute approximate surface area is 117 Å². The Kier molecular flexibility index (Phi) is 2.77. The van der Waals surface area contributed by atoms with E-state index in [-0.39, 0.29) is 4.90 Å². The fourth-order valence-electron chi connectivity index (χ4n) is 2.15. The maximum absolute atomic E-state index is 12.5. The summed E-state index contributed by atoms with van der Waals surface area (Å²) >= 11 is 5.88. The fourth-order valence-corrected chi connectivity index (χ4v) is 4.08. The van der Waals surface area contributed by atoms with Crippen LogP contribution in [0.2, 0.25) is 5.02 Å². The highest BCUT2D eigenvalue weighted by atomic mass is 35.5. The van der Waals surface area contributed by atoms with Crippen molar-refractivity contribution in [3.8, 4) is 0 Å². The van der Waals surface area contributed by atoms with Gasteiger partial charge in [-0.05, 0) is 36.3 Å². The molecule has 19 heavy (non-hydrogen) atoms. The summed E-state index contributed by atoms with van der Waals surface area (Å²) in [6.07, 6.45) is 1.70. The standard InChI is InChI=1S/C15H11ClO2S/c1-10-2-4-11(5-3-10)14-8-12-6-7-13(16)9-15(12)19(14,17)18/h2-9H,1H3. The lowest BCUT2D eigenvalue weighted by molar-refractivity contribution is 0.606. The van der Waals surface area contributed by atoms with Crippen molar-refractivity contribution >= 4 is 32.4 Å². The predicted molar refractivity (Wildman–Crippen MR) is 77.7 cm³/mol. The van der Waals surface area contributed by atoms with Gasteiger partial charge in [0.2, 0.25) is 9.84 Å². The van der Waals surface area contributed by atoms with Crippen molar-refractivity contribution in [2.24, 2.45) is 0 Å². The van der Waals surface area contributed by atoms with E-state index in [2.05, 4.69) is 0 Å². The number of fused-ring (bicyclic) bond motifs is 1. The highest BCUT2D eigenvalue weighted by molar-refractivity contribution is 8.01. The molecule has 1 aliphatic heterocycles. The fraction of sp³-hybridized carbons (Fsp3) is 0.0667. The van der Waals surface area contributed by atoms with E-state index in [0.29, 0.717) is 21.1 Å². The Morgan fingerprint density at radius 1 is 1.00 bits per heavy atom. The van der Waals surface area contributed by atoms with Crippen LogP contribution >= 0.6 is 11.6 Å². The summed E-state index contributed by atoms with van der Waals surface area (Å²) in [6, 6.07) is 12.4. The van der Waals surface area contributed by atoms with Gasteiger partial charge < -0.3 is 0 Å². The summed E-state index contributed by atoms with van der Waals surface area (Å²) < 4.78 is 25.0. The highest BCUT2D eigenvalue weighted by Crippen LogP contribution is 2.39. The van der Waals surface area contributed by atoms with Crippen LogP contribution in [0.1, 0.15) is 16.7 Å². The van der Waals surface area contributed by atoms with Gasteiger partial charge in [0.15, 0.2) is 0 Å². The van der Waals surface area contributed by atoms with Crippen LogP contribution in [-0.2, 0) is 9.84 Å². The molecular weight excluding hydrogens is 280 g/mol. The predicted octanol–water partition coefficient (Wildman–Crippen LogP) is 3.93. The zero-order valence-corrected chi connectivity index (χ0v) is 11.8. The van der Waals surface area contributed by atoms with Crippen molar-refractivity contribution in [2.75, 3.05) is 0 Å². The van der Waals surface area contributed by atoms with E-state index in [9.17, 15) is 8.42 Å². The van der Waals surface area contributed by atoms with Gasteiger partial charge in [-0.1, -0.05) is 47.5 Å². The van der Waals surface area contributed by atoms with Gasteiger partial charge in [0.1, 0.15) is 0 Å². The molecule has 1 heterocycles. The third-order valence-electron chi connectivity index (χ3n) is 3.18. The molecule has 96 valence electrons. The smallest absolute Gasteiger partial charge is 0.207 e. The summed E-state index contributed by atoms with van der Waals surface area (Å²) in [4.78, 5) is 0.625. The van der Waals surface area contributed by atoms with E-state index >= 15 is 0 Å². The molecule has 2 aromatic carbocycles. The average molecular weight is 291 g/mol. The van der Waals surface area contributed by atoms with E-state index in [1.165, 1.54) is 6.07 Å². The van der Waals surface area contributed by atoms with Gasteiger partial charge in [-0.3, -0.25) is 0 Å². The third-order valence-corrected chi connectivity index (χ3v) is 5.28. The molecule has 4 heteroatoms. The maximum Gasteiger partial charge on any atom is 0.207 e. The summed E-state index contributed by atoms with van der Waals surface area (Å²) in [5.41, 5.74) is 2.50. The Hall–Kier alpha value is -1.58. The number of benzene rings is 2. The van der Waals surface area contributed by atoms with Crippen molar-refractivity contribution < 1.29 is 8.42 Å². The molecule has 1 aliphatic rings. The third kappa shape index (κ3) is 1.99. The number of rotatable bonds is 1. The molecule has 0 N–H and O–H groups in total. The molecule has 3 rings (SSSR count). The Morgan fingerprint density at radius 2 is 1.68 bits per heavy atom. The first-order valence-corrected chi connectivity index (χ1v) is 7.68. The molecule has 0 saturated carbocycles. The van der Waals surface area contributed by atoms with Crippen LogP contribution in [0.25, 0.3) is 11.0 Å². The normalized spacial score (nSPS) is 16.0. The van der Waals surface area contributed by atoms with Crippen LogP contribution in [0, 0.1) is 6.92 Å². The van der Waals surface area contributed by atoms with Gasteiger partial charge in [-0.25, -0.2) is 8.42 Å². The summed E-state index contributed by atoms with van der Waals surface area (Å²) in [6.45, 7) is 1.97. The molecule has 0 saturated heterocycles. The van der Waals surface area contributed by atoms with E-state index < -0.39 is 9.84 Å². The summed E-state index contributed by atoms with van der Waals surface area (Å²) in [5.74, 6) is 0. The summed E-state index contributed by atoms with van der Waals surface area (Å²) in [7, 11) is -3.46. The second-order valence-corrected chi connectivity index (χ2v) is 6.88. The minimum absolute atomic E-state index is 0.288. The Bertz CT molecular complexity index is 787. The van der Waals surface area contributed by atoms with Crippen LogP contribution in [0.3, 0.4) is 0 Å². The van der Waals surface area contributed by atoms with Crippen LogP contribution in [-0.4, -0.2) is 8.42 Å². The van der Waals surface area contributed by atoms with Gasteiger partial charge in [-0.2, -0.15) is 0 Å². The van der Waals surface area contributed by atoms with E-state index in [4.69, 9.17) is 11.6 Å². The number of hydrogen-bond acceptors (Lipinski definition) is 2. The van der Waals surface area contributed by atoms with Crippen molar-refractivity contribution in [1.82, 2.24) is 0 Å². The van der Waals surface area contributed by atoms with Crippen molar-refractivity contribution in [3.05, 3.63) is 64.2 Å². The second-order valence-electron chi connectivity index (χ2n) is 4.56. The molecule has 0 amide bonds. The van der Waals surface area contributed by atoms with Crippen LogP contribution in [0.15, 0.2) is 47.4 Å². The van der Waals surface area contributed by atoms with Gasteiger partial charge >= 0.3 is 0 Å². The quantitative estimate of drug-likeness (QED) is 0.797. The summed E-state index contributed by atoms with van der Waals surface area (Å²) in [5, 5.41) is 0.431. The second kappa shape index (κ2) is 4.22. The van der Waals surface area contributed by atoms with Crippen molar-refractivity contribution in [2.45, 2.75) is 11.8 Å². The van der Waals surface area contributed by atoms with Crippen LogP contribution in [0.4, 0.5) is 0 Å². The van der Waals surface area contributed by atoms with Gasteiger partial charge in [0, 0.05) is 5.02 Å². The SMILES string of the molecule is Cc1ccc(C2=Cc3ccc(Cl)cc3S2(=O)=O)cc1. The molecule has 0 fully saturated rings. The zero-order valence-electron chi connectivity index (χ0n) is 10.2. The van der Waals surface area contributed by atoms with Gasteiger partial charge in [-0.15, -0.1) is 0 Å². The number of hydrogen-bond donors (Lipinski definition) is 0. The highest BCUT2D eigenvalue weighted by Gasteiger charge is 2.30. The minimum atomic E-state index is -3.46. The maximum atomic E-state index is 12.5. The first-order valence-electron chi connectivity index (χ1n) is 5.82. The molecule has 2 nitrogen and oxygen atoms in total. The monoisotopic (exact) mass is 290 g/mol. The molecule has 2 aromatic rings. The lowest BCUT2D eigenvalue weighted by atomic mass is 10.1. The molecule has 0 bridgehead atoms. The van der Waals surface area contributed by atoms with E-state index in [1.54, 1.807) is 18.2 Å². The van der Waals surface area contributed by atoms with E-state index in [0.717, 1.165) is 5.56 Å². The van der Waals surface area contributed by atoms with Crippen LogP contribution < -0.4 is 0 Å². The largest absolute Gasteiger partial charge is 0.218 e. The lowest BCUT2D eigenvalue weighted by Gasteiger charge is -2.04. The molecular formula is C15H11ClO2S. The molecule has 0 atom stereocenters. The number of halogens is 1. The lowest BCUT2D eigenvalue weighted by Crippen LogP contribution is -2.00. The minimum Gasteiger partial charge on any atom is -0.218 e. The zero-order chi connectivity index (χ0) is 13.6. The van der Waals surface area contributed by atoms with E-state index in [1.807, 2.05) is 31.2 Å². The molecule has 0 unspecified atom stereocenters. The van der Waals surface area contributed by atoms with Gasteiger partial charge in [0.25, 0.3) is 0 Å². The van der Waals surface area contributed by atoms with Crippen LogP contribution in [0.5, 0.6) is 0 Å². The average Bonchev–Trinajstić information content (AvgIpc) is 2.63. The Balaban J connectivity index is 2.19. The molecule has 0 aliphatic carbocycles. The van der Waals surface area contributed by atoms with Crippen molar-refractivity contribution in [3.63, 3.8) is 0 Å². The molecule has 0 radical (unpaired) electrons. The van der Waals surface area contributed by atoms with Crippen molar-refractivity contribution in [1.29, 1.82) is 0 Å². The topological polar surface area (TPSA) is 34.1 Å². The first-order chi connectivity index (χ1) is 8.98. The number of aryl methyl sites for hydroxylation is 1. The Morgan fingerprint density at radius 3 is 2.37 bits per heavy atom. The van der Waals surface area contributed by atoms with Gasteiger partial charge in [0.05, 0.1) is 9.80 Å². The molecule has 0 spiro atoms. The first kappa shape index (κ1) is 12.5. The number of sulfone groups is 1.